The van der Waals surface area contributed by atoms with Gasteiger partial charge in [-0.2, -0.15) is 0 Å². The fraction of sp³-hybridized carbons (Fsp3) is 0.867. The van der Waals surface area contributed by atoms with Crippen LogP contribution in [0.2, 0.25) is 0 Å². The molecule has 0 aromatic heterocycles. The van der Waals surface area contributed by atoms with Gasteiger partial charge in [0.25, 0.3) is 0 Å². The van der Waals surface area contributed by atoms with Crippen molar-refractivity contribution in [2.24, 2.45) is 5.92 Å². The van der Waals surface area contributed by atoms with Gasteiger partial charge in [0.2, 0.25) is 21.8 Å². The molecule has 1 rings (SSSR count). The van der Waals surface area contributed by atoms with E-state index in [-0.39, 0.29) is 24.8 Å². The molecule has 1 fully saturated rings. The highest BCUT2D eigenvalue weighted by atomic mass is 32.2. The van der Waals surface area contributed by atoms with E-state index in [9.17, 15) is 18.0 Å². The SMILES string of the molecule is CC(=O)N1CCN(C(=O)CCN(CCC(C)C)S(C)(=O)=O)CC1. The van der Waals surface area contributed by atoms with Gasteiger partial charge >= 0.3 is 0 Å². The highest BCUT2D eigenvalue weighted by molar-refractivity contribution is 7.88. The molecule has 0 aromatic carbocycles. The molecule has 8 heteroatoms. The Labute approximate surface area is 139 Å². The maximum Gasteiger partial charge on any atom is 0.224 e. The number of hydrogen-bond acceptors (Lipinski definition) is 4. The second-order valence-electron chi connectivity index (χ2n) is 6.48. The lowest BCUT2D eigenvalue weighted by Crippen LogP contribution is -2.50. The van der Waals surface area contributed by atoms with Crippen molar-refractivity contribution in [3.05, 3.63) is 0 Å². The molecule has 134 valence electrons. The maximum absolute atomic E-state index is 12.2. The molecule has 1 aliphatic heterocycles. The summed E-state index contributed by atoms with van der Waals surface area (Å²) in [4.78, 5) is 27.0. The Kier molecular flexibility index (Phi) is 7.47. The lowest BCUT2D eigenvalue weighted by atomic mass is 10.1. The van der Waals surface area contributed by atoms with Crippen LogP contribution in [0.3, 0.4) is 0 Å². The van der Waals surface area contributed by atoms with Crippen molar-refractivity contribution in [2.45, 2.75) is 33.6 Å². The quantitative estimate of drug-likeness (QED) is 0.667. The summed E-state index contributed by atoms with van der Waals surface area (Å²) in [5, 5.41) is 0. The Morgan fingerprint density at radius 1 is 1.04 bits per heavy atom. The Balaban J connectivity index is 2.48. The van der Waals surface area contributed by atoms with Crippen molar-refractivity contribution >= 4 is 21.8 Å². The molecule has 0 bridgehead atoms. The smallest absolute Gasteiger partial charge is 0.224 e. The summed E-state index contributed by atoms with van der Waals surface area (Å²) in [5.74, 6) is 0.384. The summed E-state index contributed by atoms with van der Waals surface area (Å²) < 4.78 is 25.0. The monoisotopic (exact) mass is 347 g/mol. The minimum atomic E-state index is -3.30. The van der Waals surface area contributed by atoms with Gasteiger partial charge in [-0.25, -0.2) is 12.7 Å². The van der Waals surface area contributed by atoms with E-state index in [1.165, 1.54) is 17.5 Å². The number of hydrogen-bond donors (Lipinski definition) is 0. The van der Waals surface area contributed by atoms with Gasteiger partial charge in [-0.3, -0.25) is 9.59 Å². The number of amides is 2. The molecular formula is C15H29N3O4S. The van der Waals surface area contributed by atoms with Crippen LogP contribution in [0.1, 0.15) is 33.6 Å². The van der Waals surface area contributed by atoms with E-state index in [1.807, 2.05) is 13.8 Å². The van der Waals surface area contributed by atoms with Gasteiger partial charge < -0.3 is 9.80 Å². The van der Waals surface area contributed by atoms with Crippen molar-refractivity contribution < 1.29 is 18.0 Å². The zero-order valence-electron chi connectivity index (χ0n) is 14.6. The molecule has 0 saturated carbocycles. The Hall–Kier alpha value is -1.15. The minimum Gasteiger partial charge on any atom is -0.339 e. The highest BCUT2D eigenvalue weighted by Crippen LogP contribution is 2.09. The van der Waals surface area contributed by atoms with Crippen LogP contribution in [-0.4, -0.2) is 79.9 Å². The summed E-state index contributed by atoms with van der Waals surface area (Å²) in [5.41, 5.74) is 0. The molecule has 1 aliphatic rings. The average Bonchev–Trinajstić information content (AvgIpc) is 2.45. The third kappa shape index (κ3) is 6.87. The molecule has 0 spiro atoms. The van der Waals surface area contributed by atoms with E-state index in [0.29, 0.717) is 38.6 Å². The molecule has 0 unspecified atom stereocenters. The first-order valence-electron chi connectivity index (χ1n) is 8.09. The van der Waals surface area contributed by atoms with Crippen molar-refractivity contribution in [2.75, 3.05) is 45.5 Å². The van der Waals surface area contributed by atoms with Crippen LogP contribution in [0.4, 0.5) is 0 Å². The first-order valence-corrected chi connectivity index (χ1v) is 9.94. The number of rotatable bonds is 7. The second-order valence-corrected chi connectivity index (χ2v) is 8.46. The van der Waals surface area contributed by atoms with Gasteiger partial charge in [0.15, 0.2) is 0 Å². The third-order valence-electron chi connectivity index (χ3n) is 4.08. The third-order valence-corrected chi connectivity index (χ3v) is 5.38. The molecule has 7 nitrogen and oxygen atoms in total. The molecule has 1 saturated heterocycles. The summed E-state index contributed by atoms with van der Waals surface area (Å²) >= 11 is 0. The number of carbonyl (C=O) groups is 2. The molecule has 0 aliphatic carbocycles. The van der Waals surface area contributed by atoms with Crippen molar-refractivity contribution in [3.63, 3.8) is 0 Å². The number of nitrogens with zero attached hydrogens (tertiary/aromatic N) is 3. The first-order chi connectivity index (χ1) is 10.6. The Bertz CT molecular complexity index is 511. The lowest BCUT2D eigenvalue weighted by Gasteiger charge is -2.34. The average molecular weight is 347 g/mol. The standard InChI is InChI=1S/C15H29N3O4S/c1-13(2)5-7-18(23(4,21)22)8-6-15(20)17-11-9-16(10-12-17)14(3)19/h13H,5-12H2,1-4H3. The van der Waals surface area contributed by atoms with Crippen LogP contribution in [0.15, 0.2) is 0 Å². The Morgan fingerprint density at radius 2 is 1.57 bits per heavy atom. The maximum atomic E-state index is 12.2. The van der Waals surface area contributed by atoms with Gasteiger partial charge in [0.05, 0.1) is 6.26 Å². The predicted octanol–water partition coefficient (Wildman–Crippen LogP) is 0.375. The van der Waals surface area contributed by atoms with Gasteiger partial charge in [0.1, 0.15) is 0 Å². The first kappa shape index (κ1) is 19.9. The summed E-state index contributed by atoms with van der Waals surface area (Å²) in [6, 6.07) is 0. The summed E-state index contributed by atoms with van der Waals surface area (Å²) in [6.45, 7) is 8.40. The van der Waals surface area contributed by atoms with E-state index >= 15 is 0 Å². The fourth-order valence-electron chi connectivity index (χ4n) is 2.49. The number of sulfonamides is 1. The summed E-state index contributed by atoms with van der Waals surface area (Å²) in [7, 11) is -3.30. The minimum absolute atomic E-state index is 0.0223. The van der Waals surface area contributed by atoms with Gasteiger partial charge in [-0.05, 0) is 12.3 Å². The zero-order valence-corrected chi connectivity index (χ0v) is 15.4. The molecule has 0 atom stereocenters. The normalized spacial score (nSPS) is 16.3. The van der Waals surface area contributed by atoms with Crippen LogP contribution in [0.25, 0.3) is 0 Å². The van der Waals surface area contributed by atoms with Crippen LogP contribution < -0.4 is 0 Å². The molecule has 23 heavy (non-hydrogen) atoms. The highest BCUT2D eigenvalue weighted by Gasteiger charge is 2.24. The van der Waals surface area contributed by atoms with E-state index in [0.717, 1.165) is 6.42 Å². The number of piperazine rings is 1. The molecular weight excluding hydrogens is 318 g/mol. The van der Waals surface area contributed by atoms with Crippen LogP contribution in [-0.2, 0) is 19.6 Å². The lowest BCUT2D eigenvalue weighted by molar-refractivity contribution is -0.138. The van der Waals surface area contributed by atoms with Crippen LogP contribution >= 0.6 is 0 Å². The van der Waals surface area contributed by atoms with Gasteiger partial charge in [-0.15, -0.1) is 0 Å². The fourth-order valence-corrected chi connectivity index (χ4v) is 3.35. The van der Waals surface area contributed by atoms with Crippen LogP contribution in [0.5, 0.6) is 0 Å². The van der Waals surface area contributed by atoms with E-state index in [1.54, 1.807) is 9.80 Å². The zero-order chi connectivity index (χ0) is 17.6. The molecule has 2 amide bonds. The van der Waals surface area contributed by atoms with Crippen molar-refractivity contribution in [3.8, 4) is 0 Å². The molecule has 0 radical (unpaired) electrons. The van der Waals surface area contributed by atoms with Crippen molar-refractivity contribution in [1.82, 2.24) is 14.1 Å². The second kappa shape index (κ2) is 8.63. The van der Waals surface area contributed by atoms with E-state index in [4.69, 9.17) is 0 Å². The van der Waals surface area contributed by atoms with E-state index in [2.05, 4.69) is 0 Å². The van der Waals surface area contributed by atoms with Gasteiger partial charge in [0, 0.05) is 52.6 Å². The van der Waals surface area contributed by atoms with Crippen LogP contribution in [0, 0.1) is 5.92 Å². The largest absolute Gasteiger partial charge is 0.339 e. The number of carbonyl (C=O) groups excluding carboxylic acids is 2. The summed E-state index contributed by atoms with van der Waals surface area (Å²) in [6.07, 6.45) is 2.15. The van der Waals surface area contributed by atoms with E-state index < -0.39 is 10.0 Å². The molecule has 0 N–H and O–H groups in total. The van der Waals surface area contributed by atoms with Crippen molar-refractivity contribution in [1.29, 1.82) is 0 Å². The predicted molar refractivity (Wildman–Crippen MR) is 89.3 cm³/mol. The van der Waals surface area contributed by atoms with Gasteiger partial charge in [-0.1, -0.05) is 13.8 Å². The topological polar surface area (TPSA) is 78.0 Å². The molecule has 0 aromatic rings. The molecule has 1 heterocycles. The Morgan fingerprint density at radius 3 is 2.00 bits per heavy atom.